The van der Waals surface area contributed by atoms with E-state index >= 15 is 0 Å². The summed E-state index contributed by atoms with van der Waals surface area (Å²) in [5, 5.41) is 33.7. The van der Waals surface area contributed by atoms with Gasteiger partial charge >= 0.3 is 0 Å². The van der Waals surface area contributed by atoms with Gasteiger partial charge in [-0.1, -0.05) is 97.1 Å². The van der Waals surface area contributed by atoms with E-state index in [1.807, 2.05) is 84.9 Å². The van der Waals surface area contributed by atoms with Gasteiger partial charge in [0.25, 0.3) is 0 Å². The molecule has 6 rings (SSSR count). The number of hydrogen-bond acceptors (Lipinski definition) is 8. The van der Waals surface area contributed by atoms with E-state index < -0.39 is 0 Å². The molecule has 0 aliphatic carbocycles. The predicted molar refractivity (Wildman–Crippen MR) is 181 cm³/mol. The Morgan fingerprint density at radius 2 is 0.696 bits per heavy atom. The third-order valence-corrected chi connectivity index (χ3v) is 7.14. The molecule has 46 heavy (non-hydrogen) atoms. The molecule has 0 fully saturated rings. The minimum atomic E-state index is -0.280. The standard InChI is InChI=1S/C38H28N6O2/c39-35(29-21-17-27(18-22-29)25-9-3-1-4-10-25)45-37(41)33-15-7-13-31(43-33)32-14-8-16-34(44-32)38(42)46-36(40)30-23-19-28(20-24-30)26-11-5-2-6-12-26/h1-24,39-42H. The second-order valence-electron chi connectivity index (χ2n) is 10.2. The van der Waals surface area contributed by atoms with Crippen LogP contribution in [0.15, 0.2) is 146 Å². The highest BCUT2D eigenvalue weighted by Crippen LogP contribution is 2.22. The van der Waals surface area contributed by atoms with Crippen molar-refractivity contribution in [1.29, 1.82) is 21.6 Å². The van der Waals surface area contributed by atoms with Crippen LogP contribution in [0.1, 0.15) is 22.5 Å². The second-order valence-corrected chi connectivity index (χ2v) is 10.2. The van der Waals surface area contributed by atoms with Crippen LogP contribution < -0.4 is 0 Å². The van der Waals surface area contributed by atoms with Crippen LogP contribution in [-0.4, -0.2) is 33.6 Å². The fraction of sp³-hybridized carbons (Fsp3) is 0. The van der Waals surface area contributed by atoms with Crippen molar-refractivity contribution in [3.8, 4) is 33.6 Å². The molecule has 2 heterocycles. The molecule has 0 unspecified atom stereocenters. The Labute approximate surface area is 266 Å². The molecule has 2 aromatic heterocycles. The predicted octanol–water partition coefficient (Wildman–Crippen LogP) is 8.21. The van der Waals surface area contributed by atoms with Crippen LogP contribution in [0.3, 0.4) is 0 Å². The van der Waals surface area contributed by atoms with E-state index in [1.165, 1.54) is 0 Å². The van der Waals surface area contributed by atoms with Gasteiger partial charge in [0, 0.05) is 11.1 Å². The van der Waals surface area contributed by atoms with Crippen LogP contribution in [0.4, 0.5) is 0 Å². The molecule has 6 aromatic rings. The molecular formula is C38H28N6O2. The number of pyridine rings is 2. The third-order valence-electron chi connectivity index (χ3n) is 7.14. The number of hydrogen-bond donors (Lipinski definition) is 4. The zero-order valence-electron chi connectivity index (χ0n) is 24.6. The van der Waals surface area contributed by atoms with Gasteiger partial charge in [0.1, 0.15) is 11.4 Å². The van der Waals surface area contributed by atoms with Crippen LogP contribution >= 0.6 is 0 Å². The van der Waals surface area contributed by atoms with Crippen molar-refractivity contribution < 1.29 is 9.47 Å². The van der Waals surface area contributed by atoms with Gasteiger partial charge in [-0.3, -0.25) is 21.6 Å². The SMILES string of the molecule is N=C(OC(=N)c1cccc(-c2cccc(C(=N)OC(=N)c3ccc(-c4ccccc4)cc3)n2)n1)c1ccc(-c2ccccc2)cc1. The maximum absolute atomic E-state index is 8.45. The van der Waals surface area contributed by atoms with Crippen LogP contribution in [0.25, 0.3) is 33.6 Å². The highest BCUT2D eigenvalue weighted by Gasteiger charge is 2.15. The van der Waals surface area contributed by atoms with Gasteiger partial charge in [0.15, 0.2) is 0 Å². The van der Waals surface area contributed by atoms with E-state index in [0.717, 1.165) is 22.3 Å². The summed E-state index contributed by atoms with van der Waals surface area (Å²) in [7, 11) is 0. The van der Waals surface area contributed by atoms with E-state index in [9.17, 15) is 0 Å². The lowest BCUT2D eigenvalue weighted by molar-refractivity contribution is 0.535. The molecule has 8 heteroatoms. The van der Waals surface area contributed by atoms with Crippen molar-refractivity contribution >= 4 is 23.6 Å². The second kappa shape index (κ2) is 13.4. The number of ether oxygens (including phenoxy) is 2. The lowest BCUT2D eigenvalue weighted by atomic mass is 10.0. The molecule has 0 atom stereocenters. The zero-order chi connectivity index (χ0) is 31.9. The van der Waals surface area contributed by atoms with Crippen molar-refractivity contribution in [2.24, 2.45) is 0 Å². The first-order chi connectivity index (χ1) is 22.4. The fourth-order valence-electron chi connectivity index (χ4n) is 4.72. The first kappa shape index (κ1) is 29.5. The van der Waals surface area contributed by atoms with Crippen molar-refractivity contribution in [1.82, 2.24) is 9.97 Å². The Morgan fingerprint density at radius 1 is 0.348 bits per heavy atom. The molecule has 0 amide bonds. The maximum atomic E-state index is 8.45. The Morgan fingerprint density at radius 3 is 1.07 bits per heavy atom. The van der Waals surface area contributed by atoms with Gasteiger partial charge < -0.3 is 9.47 Å². The molecule has 0 aliphatic heterocycles. The normalized spacial score (nSPS) is 10.5. The van der Waals surface area contributed by atoms with Gasteiger partial charge in [-0.15, -0.1) is 0 Å². The number of nitrogens with zero attached hydrogens (tertiary/aromatic N) is 2. The first-order valence-corrected chi connectivity index (χ1v) is 14.4. The quantitative estimate of drug-likeness (QED) is 0.108. The van der Waals surface area contributed by atoms with Gasteiger partial charge in [0.05, 0.1) is 11.4 Å². The van der Waals surface area contributed by atoms with Gasteiger partial charge in [-0.05, 0) is 70.8 Å². The van der Waals surface area contributed by atoms with Crippen molar-refractivity contribution in [2.75, 3.05) is 0 Å². The Balaban J connectivity index is 1.11. The fourth-order valence-corrected chi connectivity index (χ4v) is 4.72. The largest absolute Gasteiger partial charge is 0.419 e. The summed E-state index contributed by atoms with van der Waals surface area (Å²) in [6.07, 6.45) is 0. The maximum Gasteiger partial charge on any atom is 0.239 e. The molecule has 0 spiro atoms. The highest BCUT2D eigenvalue weighted by atomic mass is 16.5. The molecule has 0 aliphatic rings. The van der Waals surface area contributed by atoms with Gasteiger partial charge in [-0.25, -0.2) is 9.97 Å². The molecule has 0 radical (unpaired) electrons. The number of aromatic nitrogens is 2. The van der Waals surface area contributed by atoms with Crippen LogP contribution in [0.2, 0.25) is 0 Å². The highest BCUT2D eigenvalue weighted by molar-refractivity contribution is 6.05. The third kappa shape index (κ3) is 6.82. The Hall–Kier alpha value is -6.54. The summed E-state index contributed by atoms with van der Waals surface area (Å²) < 4.78 is 11.1. The smallest absolute Gasteiger partial charge is 0.239 e. The molecule has 0 bridgehead atoms. The minimum absolute atomic E-state index is 0.167. The minimum Gasteiger partial charge on any atom is -0.419 e. The van der Waals surface area contributed by atoms with E-state index in [4.69, 9.17) is 31.1 Å². The average molecular weight is 601 g/mol. The summed E-state index contributed by atoms with van der Waals surface area (Å²) in [5.41, 5.74) is 6.59. The molecule has 0 saturated heterocycles. The number of nitrogens with one attached hydrogen (secondary N) is 4. The summed E-state index contributed by atoms with van der Waals surface area (Å²) in [5.74, 6) is -0.893. The molecule has 4 aromatic carbocycles. The van der Waals surface area contributed by atoms with E-state index in [-0.39, 0.29) is 35.0 Å². The van der Waals surface area contributed by atoms with E-state index in [0.29, 0.717) is 22.5 Å². The summed E-state index contributed by atoms with van der Waals surface area (Å²) in [6, 6.07) is 44.8. The van der Waals surface area contributed by atoms with Crippen molar-refractivity contribution in [2.45, 2.75) is 0 Å². The lowest BCUT2D eigenvalue weighted by Crippen LogP contribution is -2.15. The van der Waals surface area contributed by atoms with Crippen LogP contribution in [0, 0.1) is 21.6 Å². The number of rotatable bonds is 7. The number of benzene rings is 4. The zero-order valence-corrected chi connectivity index (χ0v) is 24.6. The topological polar surface area (TPSA) is 140 Å². The summed E-state index contributed by atoms with van der Waals surface area (Å²) in [6.45, 7) is 0. The van der Waals surface area contributed by atoms with Gasteiger partial charge in [0.2, 0.25) is 23.6 Å². The van der Waals surface area contributed by atoms with E-state index in [1.54, 1.807) is 60.7 Å². The molecule has 222 valence electrons. The molecule has 0 saturated carbocycles. The van der Waals surface area contributed by atoms with Crippen molar-refractivity contribution in [3.05, 3.63) is 168 Å². The molecule has 8 nitrogen and oxygen atoms in total. The monoisotopic (exact) mass is 600 g/mol. The summed E-state index contributed by atoms with van der Waals surface area (Å²) >= 11 is 0. The first-order valence-electron chi connectivity index (χ1n) is 14.4. The van der Waals surface area contributed by atoms with Crippen molar-refractivity contribution in [3.63, 3.8) is 0 Å². The van der Waals surface area contributed by atoms with Gasteiger partial charge in [-0.2, -0.15) is 0 Å². The summed E-state index contributed by atoms with van der Waals surface area (Å²) in [4.78, 5) is 9.05. The Kier molecular flexibility index (Phi) is 8.60. The van der Waals surface area contributed by atoms with E-state index in [2.05, 4.69) is 9.97 Å². The lowest BCUT2D eigenvalue weighted by Gasteiger charge is -2.11. The average Bonchev–Trinajstić information content (AvgIpc) is 3.12. The molecule has 4 N–H and O–H groups in total. The van der Waals surface area contributed by atoms with Crippen LogP contribution in [-0.2, 0) is 9.47 Å². The Bertz CT molecular complexity index is 1890. The molecular weight excluding hydrogens is 572 g/mol. The van der Waals surface area contributed by atoms with Crippen LogP contribution in [0.5, 0.6) is 0 Å².